The van der Waals surface area contributed by atoms with Gasteiger partial charge in [-0.2, -0.15) is 0 Å². The summed E-state index contributed by atoms with van der Waals surface area (Å²) in [5.41, 5.74) is 0.194. The van der Waals surface area contributed by atoms with E-state index in [0.29, 0.717) is 31.0 Å². The first-order valence-electron chi connectivity index (χ1n) is 7.87. The molecule has 3 rings (SSSR count). The summed E-state index contributed by atoms with van der Waals surface area (Å²) in [5.74, 6) is -1.55. The highest BCUT2D eigenvalue weighted by Gasteiger charge is 2.25. The van der Waals surface area contributed by atoms with Crippen LogP contribution < -0.4 is 4.74 Å². The number of hydrogen-bond acceptors (Lipinski definition) is 4. The van der Waals surface area contributed by atoms with Gasteiger partial charge in [0.25, 0.3) is 0 Å². The van der Waals surface area contributed by atoms with Crippen LogP contribution in [-0.4, -0.2) is 40.0 Å². The Hall–Kier alpha value is -2.28. The third-order valence-electron chi connectivity index (χ3n) is 4.02. The van der Waals surface area contributed by atoms with E-state index in [1.54, 1.807) is 4.90 Å². The van der Waals surface area contributed by atoms with Crippen LogP contribution in [0.4, 0.5) is 8.78 Å². The van der Waals surface area contributed by atoms with E-state index in [0.717, 1.165) is 12.1 Å². The minimum Gasteiger partial charge on any atom is -0.460 e. The minimum atomic E-state index is -0.702. The van der Waals surface area contributed by atoms with Crippen LogP contribution in [0.5, 0.6) is 6.01 Å². The summed E-state index contributed by atoms with van der Waals surface area (Å²) < 4.78 is 32.2. The zero-order valence-corrected chi connectivity index (χ0v) is 14.0. The molecule has 25 heavy (non-hydrogen) atoms. The second-order valence-corrected chi connectivity index (χ2v) is 6.23. The Bertz CT molecular complexity index is 750. The Balaban J connectivity index is 1.51. The van der Waals surface area contributed by atoms with E-state index in [4.69, 9.17) is 16.3 Å². The lowest BCUT2D eigenvalue weighted by molar-refractivity contribution is -0.132. The van der Waals surface area contributed by atoms with E-state index in [-0.39, 0.29) is 30.0 Å². The van der Waals surface area contributed by atoms with Gasteiger partial charge in [-0.05, 0) is 11.6 Å². The number of ether oxygens (including phenoxy) is 1. The smallest absolute Gasteiger partial charge is 0.316 e. The standard InChI is InChI=1S/C17H16ClF2N3O2/c18-12-9-21-17(22-10-12)25-14-3-5-23(6-4-14)16(24)7-11-1-2-13(19)8-15(11)20/h1-2,8-10,14H,3-7H2. The molecule has 0 unspecified atom stereocenters. The fourth-order valence-electron chi connectivity index (χ4n) is 2.67. The van der Waals surface area contributed by atoms with E-state index in [2.05, 4.69) is 9.97 Å². The predicted molar refractivity (Wildman–Crippen MR) is 87.3 cm³/mol. The lowest BCUT2D eigenvalue weighted by atomic mass is 10.1. The van der Waals surface area contributed by atoms with Gasteiger partial charge in [0.05, 0.1) is 23.8 Å². The van der Waals surface area contributed by atoms with Gasteiger partial charge in [0.2, 0.25) is 5.91 Å². The molecule has 0 aliphatic carbocycles. The van der Waals surface area contributed by atoms with Gasteiger partial charge in [0, 0.05) is 32.0 Å². The largest absolute Gasteiger partial charge is 0.460 e. The molecule has 8 heteroatoms. The van der Waals surface area contributed by atoms with Crippen LogP contribution in [0.3, 0.4) is 0 Å². The Labute approximate surface area is 148 Å². The number of carbonyl (C=O) groups excluding carboxylic acids is 1. The van der Waals surface area contributed by atoms with Gasteiger partial charge in [0.1, 0.15) is 17.7 Å². The van der Waals surface area contributed by atoms with Crippen LogP contribution >= 0.6 is 11.6 Å². The molecule has 2 heterocycles. The van der Waals surface area contributed by atoms with E-state index < -0.39 is 11.6 Å². The molecule has 1 saturated heterocycles. The zero-order chi connectivity index (χ0) is 17.8. The van der Waals surface area contributed by atoms with Crippen LogP contribution in [0, 0.1) is 11.6 Å². The highest BCUT2D eigenvalue weighted by atomic mass is 35.5. The van der Waals surface area contributed by atoms with E-state index in [1.807, 2.05) is 0 Å². The molecule has 1 aromatic carbocycles. The summed E-state index contributed by atoms with van der Waals surface area (Å²) in [7, 11) is 0. The lowest BCUT2D eigenvalue weighted by Crippen LogP contribution is -2.42. The normalized spacial score (nSPS) is 15.2. The van der Waals surface area contributed by atoms with Crippen LogP contribution in [0.2, 0.25) is 5.02 Å². The Kier molecular flexibility index (Phi) is 5.43. The number of rotatable bonds is 4. The van der Waals surface area contributed by atoms with Gasteiger partial charge in [-0.15, -0.1) is 0 Å². The molecule has 0 N–H and O–H groups in total. The zero-order valence-electron chi connectivity index (χ0n) is 13.3. The molecule has 1 aliphatic rings. The second kappa shape index (κ2) is 7.74. The quantitative estimate of drug-likeness (QED) is 0.833. The molecule has 0 spiro atoms. The Morgan fingerprint density at radius 1 is 1.24 bits per heavy atom. The third kappa shape index (κ3) is 4.63. The van der Waals surface area contributed by atoms with Crippen molar-refractivity contribution in [2.24, 2.45) is 0 Å². The van der Waals surface area contributed by atoms with Crippen molar-refractivity contribution in [1.82, 2.24) is 14.9 Å². The molecule has 0 radical (unpaired) electrons. The Morgan fingerprint density at radius 3 is 2.56 bits per heavy atom. The lowest BCUT2D eigenvalue weighted by Gasteiger charge is -2.31. The molecule has 132 valence electrons. The maximum atomic E-state index is 13.7. The predicted octanol–water partition coefficient (Wildman–Crippen LogP) is 3.02. The van der Waals surface area contributed by atoms with E-state index in [1.165, 1.54) is 18.5 Å². The molecule has 1 aromatic heterocycles. The minimum absolute atomic E-state index is 0.0854. The fourth-order valence-corrected chi connectivity index (χ4v) is 2.77. The second-order valence-electron chi connectivity index (χ2n) is 5.79. The van der Waals surface area contributed by atoms with Crippen LogP contribution in [0.25, 0.3) is 0 Å². The average Bonchev–Trinajstić information content (AvgIpc) is 2.60. The molecule has 0 bridgehead atoms. The van der Waals surface area contributed by atoms with Gasteiger partial charge in [-0.25, -0.2) is 18.7 Å². The fraction of sp³-hybridized carbons (Fsp3) is 0.353. The SMILES string of the molecule is O=C(Cc1ccc(F)cc1F)N1CCC(Oc2ncc(Cl)cn2)CC1. The number of likely N-dealkylation sites (tertiary alicyclic amines) is 1. The summed E-state index contributed by atoms with van der Waals surface area (Å²) in [5, 5.41) is 0.431. The molecule has 0 atom stereocenters. The molecule has 1 fully saturated rings. The number of carbonyl (C=O) groups is 1. The maximum Gasteiger partial charge on any atom is 0.316 e. The van der Waals surface area contributed by atoms with Crippen molar-refractivity contribution in [1.29, 1.82) is 0 Å². The molecule has 1 amide bonds. The average molecular weight is 368 g/mol. The Morgan fingerprint density at radius 2 is 1.92 bits per heavy atom. The van der Waals surface area contributed by atoms with Crippen molar-refractivity contribution in [3.63, 3.8) is 0 Å². The van der Waals surface area contributed by atoms with Crippen molar-refractivity contribution in [2.75, 3.05) is 13.1 Å². The van der Waals surface area contributed by atoms with Crippen molar-refractivity contribution >= 4 is 17.5 Å². The number of halogens is 3. The summed E-state index contributed by atoms with van der Waals surface area (Å²) >= 11 is 5.72. The number of piperidine rings is 1. The summed E-state index contributed by atoms with van der Waals surface area (Å²) in [4.78, 5) is 21.9. The molecular formula is C17H16ClF2N3O2. The van der Waals surface area contributed by atoms with Gasteiger partial charge in [-0.1, -0.05) is 17.7 Å². The number of hydrogen-bond donors (Lipinski definition) is 0. The van der Waals surface area contributed by atoms with Crippen molar-refractivity contribution in [2.45, 2.75) is 25.4 Å². The number of aromatic nitrogens is 2. The monoisotopic (exact) mass is 367 g/mol. The topological polar surface area (TPSA) is 55.3 Å². The molecule has 5 nitrogen and oxygen atoms in total. The molecular weight excluding hydrogens is 352 g/mol. The first kappa shape index (κ1) is 17.5. The molecule has 2 aromatic rings. The summed E-state index contributed by atoms with van der Waals surface area (Å²) in [6.07, 6.45) is 4.00. The third-order valence-corrected chi connectivity index (χ3v) is 4.22. The highest BCUT2D eigenvalue weighted by molar-refractivity contribution is 6.30. The highest BCUT2D eigenvalue weighted by Crippen LogP contribution is 2.18. The van der Waals surface area contributed by atoms with Gasteiger partial charge in [0.15, 0.2) is 0 Å². The van der Waals surface area contributed by atoms with Crippen molar-refractivity contribution in [3.05, 3.63) is 52.8 Å². The van der Waals surface area contributed by atoms with E-state index >= 15 is 0 Å². The van der Waals surface area contributed by atoms with Crippen LogP contribution in [0.15, 0.2) is 30.6 Å². The van der Waals surface area contributed by atoms with Crippen LogP contribution in [0.1, 0.15) is 18.4 Å². The number of amides is 1. The first-order chi connectivity index (χ1) is 12.0. The van der Waals surface area contributed by atoms with Crippen LogP contribution in [-0.2, 0) is 11.2 Å². The van der Waals surface area contributed by atoms with E-state index in [9.17, 15) is 13.6 Å². The summed E-state index contributed by atoms with van der Waals surface area (Å²) in [6, 6.07) is 3.49. The first-order valence-corrected chi connectivity index (χ1v) is 8.25. The van der Waals surface area contributed by atoms with Crippen molar-refractivity contribution < 1.29 is 18.3 Å². The van der Waals surface area contributed by atoms with Gasteiger partial charge in [-0.3, -0.25) is 4.79 Å². The molecule has 0 saturated carbocycles. The maximum absolute atomic E-state index is 13.7. The number of benzene rings is 1. The number of nitrogens with zero attached hydrogens (tertiary/aromatic N) is 3. The summed E-state index contributed by atoms with van der Waals surface area (Å²) in [6.45, 7) is 1.000. The van der Waals surface area contributed by atoms with Gasteiger partial charge >= 0.3 is 6.01 Å². The van der Waals surface area contributed by atoms with Gasteiger partial charge < -0.3 is 9.64 Å². The van der Waals surface area contributed by atoms with Crippen molar-refractivity contribution in [3.8, 4) is 6.01 Å². The molecule has 1 aliphatic heterocycles.